The number of carbonyl (C=O) groups is 1. The van der Waals surface area contributed by atoms with Gasteiger partial charge in [-0.15, -0.1) is 0 Å². The number of non-ortho nitro benzene ring substituents is 1. The maximum Gasteiger partial charge on any atom is 0.269 e. The van der Waals surface area contributed by atoms with Crippen molar-refractivity contribution in [2.45, 2.75) is 38.8 Å². The number of nitrogens with zero attached hydrogens (tertiary/aromatic N) is 2. The van der Waals surface area contributed by atoms with Gasteiger partial charge in [0, 0.05) is 17.8 Å². The van der Waals surface area contributed by atoms with Crippen molar-refractivity contribution in [3.8, 4) is 0 Å². The van der Waals surface area contributed by atoms with E-state index in [-0.39, 0.29) is 23.7 Å². The second-order valence-electron chi connectivity index (χ2n) is 6.08. The Morgan fingerprint density at radius 2 is 1.87 bits per heavy atom. The highest BCUT2D eigenvalue weighted by Gasteiger charge is 2.28. The van der Waals surface area contributed by atoms with Crippen molar-refractivity contribution in [1.29, 1.82) is 0 Å². The molecule has 0 aliphatic carbocycles. The van der Waals surface area contributed by atoms with E-state index in [1.54, 1.807) is 0 Å². The van der Waals surface area contributed by atoms with Gasteiger partial charge in [0.05, 0.1) is 17.1 Å². The number of anilines is 1. The van der Waals surface area contributed by atoms with E-state index in [1.807, 2.05) is 13.8 Å². The molecule has 0 bridgehead atoms. The molecule has 1 heterocycles. The average molecular weight is 321 g/mol. The monoisotopic (exact) mass is 321 g/mol. The molecule has 0 spiro atoms. The third-order valence-electron chi connectivity index (χ3n) is 4.53. The van der Waals surface area contributed by atoms with Crippen LogP contribution in [0.25, 0.3) is 0 Å². The Balaban J connectivity index is 1.89. The summed E-state index contributed by atoms with van der Waals surface area (Å²) in [6.07, 6.45) is 1.46. The van der Waals surface area contributed by atoms with Crippen LogP contribution in [0.5, 0.6) is 0 Å². The molecule has 1 amide bonds. The molecule has 0 radical (unpaired) electrons. The number of likely N-dealkylation sites (tertiary alicyclic amines) is 1. The minimum atomic E-state index is -0.472. The number of hydrogen-bond acceptors (Lipinski definition) is 5. The summed E-state index contributed by atoms with van der Waals surface area (Å²) in [6, 6.07) is 5.52. The van der Waals surface area contributed by atoms with E-state index in [4.69, 9.17) is 0 Å². The van der Waals surface area contributed by atoms with Crippen LogP contribution in [0.1, 0.15) is 26.7 Å². The maximum atomic E-state index is 12.3. The third-order valence-corrected chi connectivity index (χ3v) is 4.53. The zero-order valence-corrected chi connectivity index (χ0v) is 13.4. The molecule has 2 atom stereocenters. The Bertz CT molecular complexity index is 551. The van der Waals surface area contributed by atoms with E-state index < -0.39 is 4.92 Å². The van der Waals surface area contributed by atoms with Crippen LogP contribution in [0.4, 0.5) is 11.4 Å². The van der Waals surface area contributed by atoms with Gasteiger partial charge < -0.3 is 10.4 Å². The number of piperidine rings is 1. The number of amides is 1. The minimum Gasteiger partial charge on any atom is -0.393 e. The Hall–Kier alpha value is -1.99. The van der Waals surface area contributed by atoms with Gasteiger partial charge in [0.1, 0.15) is 0 Å². The van der Waals surface area contributed by atoms with Gasteiger partial charge in [0.2, 0.25) is 5.91 Å². The summed E-state index contributed by atoms with van der Waals surface area (Å²) in [6.45, 7) is 5.23. The molecule has 7 nitrogen and oxygen atoms in total. The first-order valence-corrected chi connectivity index (χ1v) is 7.86. The lowest BCUT2D eigenvalue weighted by Gasteiger charge is -2.36. The first kappa shape index (κ1) is 17.4. The fourth-order valence-corrected chi connectivity index (χ4v) is 2.87. The molecular weight excluding hydrogens is 298 g/mol. The zero-order valence-electron chi connectivity index (χ0n) is 13.4. The van der Waals surface area contributed by atoms with Gasteiger partial charge in [0.25, 0.3) is 5.69 Å². The van der Waals surface area contributed by atoms with Gasteiger partial charge in [-0.2, -0.15) is 0 Å². The van der Waals surface area contributed by atoms with E-state index in [0.717, 1.165) is 25.9 Å². The lowest BCUT2D eigenvalue weighted by molar-refractivity contribution is -0.384. The number of nitro groups is 1. The number of hydrogen-bond donors (Lipinski definition) is 2. The van der Waals surface area contributed by atoms with Crippen molar-refractivity contribution < 1.29 is 14.8 Å². The fourth-order valence-electron chi connectivity index (χ4n) is 2.87. The van der Waals surface area contributed by atoms with Crippen LogP contribution >= 0.6 is 0 Å². The number of aliphatic hydroxyl groups is 1. The number of nitro benzene ring substituents is 1. The van der Waals surface area contributed by atoms with Crippen LogP contribution in [0, 0.1) is 16.0 Å². The number of carbonyl (C=O) groups excluding carboxylic acids is 1. The summed E-state index contributed by atoms with van der Waals surface area (Å²) in [7, 11) is 0. The molecule has 1 aromatic rings. The third kappa shape index (κ3) is 4.49. The Morgan fingerprint density at radius 1 is 1.30 bits per heavy atom. The van der Waals surface area contributed by atoms with Gasteiger partial charge in [-0.05, 0) is 57.8 Å². The van der Waals surface area contributed by atoms with Crippen LogP contribution in [0.2, 0.25) is 0 Å². The van der Waals surface area contributed by atoms with Crippen LogP contribution in [0.15, 0.2) is 24.3 Å². The molecule has 0 aromatic heterocycles. The summed E-state index contributed by atoms with van der Waals surface area (Å²) in [5.74, 6) is 0.172. The van der Waals surface area contributed by atoms with Gasteiger partial charge in [-0.3, -0.25) is 19.8 Å². The highest BCUT2D eigenvalue weighted by molar-refractivity contribution is 5.94. The first-order valence-electron chi connectivity index (χ1n) is 7.86. The van der Waals surface area contributed by atoms with Crippen molar-refractivity contribution in [3.05, 3.63) is 34.4 Å². The molecule has 7 heteroatoms. The average Bonchev–Trinajstić information content (AvgIpc) is 2.54. The Labute approximate surface area is 135 Å². The quantitative estimate of drug-likeness (QED) is 0.639. The molecule has 0 saturated carbocycles. The van der Waals surface area contributed by atoms with Gasteiger partial charge >= 0.3 is 0 Å². The van der Waals surface area contributed by atoms with Gasteiger partial charge in [-0.1, -0.05) is 0 Å². The molecule has 1 fully saturated rings. The van der Waals surface area contributed by atoms with Crippen molar-refractivity contribution in [2.75, 3.05) is 18.4 Å². The zero-order chi connectivity index (χ0) is 17.0. The van der Waals surface area contributed by atoms with E-state index in [9.17, 15) is 20.0 Å². The molecule has 2 rings (SSSR count). The molecule has 1 aliphatic rings. The van der Waals surface area contributed by atoms with Crippen molar-refractivity contribution in [3.63, 3.8) is 0 Å². The number of rotatable bonds is 5. The molecule has 1 aliphatic heterocycles. The van der Waals surface area contributed by atoms with Gasteiger partial charge in [-0.25, -0.2) is 0 Å². The largest absolute Gasteiger partial charge is 0.393 e. The first-order chi connectivity index (χ1) is 10.9. The predicted molar refractivity (Wildman–Crippen MR) is 87.2 cm³/mol. The Kier molecular flexibility index (Phi) is 5.68. The molecule has 2 N–H and O–H groups in total. The van der Waals surface area contributed by atoms with Gasteiger partial charge in [0.15, 0.2) is 0 Å². The lowest BCUT2D eigenvalue weighted by Crippen LogP contribution is -2.47. The van der Waals surface area contributed by atoms with Crippen molar-refractivity contribution >= 4 is 17.3 Å². The second kappa shape index (κ2) is 7.52. The highest BCUT2D eigenvalue weighted by Crippen LogP contribution is 2.22. The summed E-state index contributed by atoms with van der Waals surface area (Å²) in [4.78, 5) is 24.6. The topological polar surface area (TPSA) is 95.7 Å². The number of nitrogens with one attached hydrogen (secondary N) is 1. The standard InChI is InChI=1S/C16H23N3O4/c1-11(18-9-7-13(8-10-18)12(2)20)16(21)17-14-3-5-15(6-4-14)19(22)23/h3-6,11-13,20H,7-10H2,1-2H3,(H,17,21). The molecule has 23 heavy (non-hydrogen) atoms. The van der Waals surface area contributed by atoms with Crippen LogP contribution in [-0.2, 0) is 4.79 Å². The molecular formula is C16H23N3O4. The van der Waals surface area contributed by atoms with E-state index in [1.165, 1.54) is 24.3 Å². The summed E-state index contributed by atoms with van der Waals surface area (Å²) < 4.78 is 0. The Morgan fingerprint density at radius 3 is 2.35 bits per heavy atom. The van der Waals surface area contributed by atoms with E-state index >= 15 is 0 Å². The predicted octanol–water partition coefficient (Wildman–Crippen LogP) is 2.01. The van der Waals surface area contributed by atoms with Crippen LogP contribution < -0.4 is 5.32 Å². The number of aliphatic hydroxyl groups excluding tert-OH is 1. The van der Waals surface area contributed by atoms with Crippen LogP contribution in [0.3, 0.4) is 0 Å². The molecule has 126 valence electrons. The number of benzene rings is 1. The lowest BCUT2D eigenvalue weighted by atomic mass is 9.91. The smallest absolute Gasteiger partial charge is 0.269 e. The molecule has 1 saturated heterocycles. The molecule has 1 aromatic carbocycles. The summed E-state index contributed by atoms with van der Waals surface area (Å²) >= 11 is 0. The summed E-state index contributed by atoms with van der Waals surface area (Å²) in [5.41, 5.74) is 0.544. The maximum absolute atomic E-state index is 12.3. The summed E-state index contributed by atoms with van der Waals surface area (Å²) in [5, 5.41) is 23.0. The van der Waals surface area contributed by atoms with Crippen molar-refractivity contribution in [2.24, 2.45) is 5.92 Å². The van der Waals surface area contributed by atoms with Crippen molar-refractivity contribution in [1.82, 2.24) is 4.90 Å². The second-order valence-corrected chi connectivity index (χ2v) is 6.08. The van der Waals surface area contributed by atoms with E-state index in [0.29, 0.717) is 11.6 Å². The van der Waals surface area contributed by atoms with Crippen LogP contribution in [-0.4, -0.2) is 46.1 Å². The SMILES string of the molecule is CC(O)C1CCN(C(C)C(=O)Nc2ccc([N+](=O)[O-])cc2)CC1. The highest BCUT2D eigenvalue weighted by atomic mass is 16.6. The van der Waals surface area contributed by atoms with E-state index in [2.05, 4.69) is 10.2 Å². The fraction of sp³-hybridized carbons (Fsp3) is 0.562. The normalized spacial score (nSPS) is 19.1. The minimum absolute atomic E-state index is 0.00348. The molecule has 2 unspecified atom stereocenters.